The van der Waals surface area contributed by atoms with Crippen molar-refractivity contribution in [2.75, 3.05) is 25.4 Å². The number of nitrogens with one attached hydrogen (secondary N) is 2. The minimum atomic E-state index is -1.20. The van der Waals surface area contributed by atoms with Gasteiger partial charge in [-0.25, -0.2) is 4.79 Å². The first kappa shape index (κ1) is 23.9. The maximum atomic E-state index is 12.4. The summed E-state index contributed by atoms with van der Waals surface area (Å²) >= 11 is 1.05. The number of thioether (sulfide) groups is 1. The number of hydrogen-bond donors (Lipinski definition) is 4. The molecule has 2 atom stereocenters. The molecule has 0 saturated carbocycles. The third-order valence-electron chi connectivity index (χ3n) is 4.06. The van der Waals surface area contributed by atoms with Crippen LogP contribution in [0.5, 0.6) is 0 Å². The van der Waals surface area contributed by atoms with Crippen LogP contribution in [-0.4, -0.2) is 81.5 Å². The summed E-state index contributed by atoms with van der Waals surface area (Å²) in [6.45, 7) is 1.59. The molecule has 10 nitrogen and oxygen atoms in total. The van der Waals surface area contributed by atoms with Gasteiger partial charge in [-0.2, -0.15) is 0 Å². The van der Waals surface area contributed by atoms with E-state index in [9.17, 15) is 24.0 Å². The highest BCUT2D eigenvalue weighted by molar-refractivity contribution is 8.00. The molecule has 1 aliphatic rings. The van der Waals surface area contributed by atoms with Gasteiger partial charge in [0, 0.05) is 38.6 Å². The minimum absolute atomic E-state index is 0.00457. The van der Waals surface area contributed by atoms with Gasteiger partial charge in [0.05, 0.1) is 11.9 Å². The number of rotatable bonds is 13. The molecular weight excluding hydrogens is 390 g/mol. The number of nitrogens with zero attached hydrogens (tertiary/aromatic N) is 1. The van der Waals surface area contributed by atoms with E-state index in [0.717, 1.165) is 11.8 Å². The second-order valence-electron chi connectivity index (χ2n) is 6.39. The summed E-state index contributed by atoms with van der Waals surface area (Å²) in [5.74, 6) is -2.47. The molecule has 0 aliphatic carbocycles. The number of carbonyl (C=O) groups is 5. The molecular formula is C17H27N3O7S. The van der Waals surface area contributed by atoms with Crippen molar-refractivity contribution in [2.45, 2.75) is 50.3 Å². The van der Waals surface area contributed by atoms with Crippen LogP contribution < -0.4 is 10.6 Å². The predicted molar refractivity (Wildman–Crippen MR) is 101 cm³/mol. The van der Waals surface area contributed by atoms with E-state index in [-0.39, 0.29) is 49.6 Å². The molecule has 1 fully saturated rings. The molecule has 11 heteroatoms. The van der Waals surface area contributed by atoms with Gasteiger partial charge in [0.25, 0.3) is 0 Å². The summed E-state index contributed by atoms with van der Waals surface area (Å²) in [4.78, 5) is 59.2. The van der Waals surface area contributed by atoms with E-state index < -0.39 is 23.2 Å². The van der Waals surface area contributed by atoms with E-state index in [1.165, 1.54) is 11.8 Å². The monoisotopic (exact) mass is 417 g/mol. The predicted octanol–water partition coefficient (Wildman–Crippen LogP) is -0.895. The zero-order chi connectivity index (χ0) is 21.1. The molecule has 0 radical (unpaired) electrons. The maximum Gasteiger partial charge on any atom is 0.327 e. The van der Waals surface area contributed by atoms with Crippen molar-refractivity contribution in [2.24, 2.45) is 0 Å². The zero-order valence-electron chi connectivity index (χ0n) is 15.8. The number of hydrogen-bond acceptors (Lipinski definition) is 7. The van der Waals surface area contributed by atoms with Gasteiger partial charge in [-0.1, -0.05) is 6.42 Å². The first-order valence-electron chi connectivity index (χ1n) is 9.09. The highest BCUT2D eigenvalue weighted by Crippen LogP contribution is 2.26. The molecule has 1 aliphatic heterocycles. The molecule has 0 bridgehead atoms. The van der Waals surface area contributed by atoms with Crippen LogP contribution in [0, 0.1) is 0 Å². The minimum Gasteiger partial charge on any atom is -0.480 e. The van der Waals surface area contributed by atoms with Crippen LogP contribution >= 0.6 is 11.8 Å². The average Bonchev–Trinajstić information content (AvgIpc) is 2.89. The van der Waals surface area contributed by atoms with E-state index in [2.05, 4.69) is 10.6 Å². The lowest BCUT2D eigenvalue weighted by molar-refractivity contribution is -0.141. The van der Waals surface area contributed by atoms with Gasteiger partial charge in [0.15, 0.2) is 0 Å². The third-order valence-corrected chi connectivity index (χ3v) is 5.36. The summed E-state index contributed by atoms with van der Waals surface area (Å²) in [6.07, 6.45) is 2.19. The largest absolute Gasteiger partial charge is 0.480 e. The maximum absolute atomic E-state index is 12.4. The summed E-state index contributed by atoms with van der Waals surface area (Å²) in [6, 6.07) is -1.11. The van der Waals surface area contributed by atoms with Crippen LogP contribution in [0.2, 0.25) is 0 Å². The van der Waals surface area contributed by atoms with Gasteiger partial charge in [-0.15, -0.1) is 11.8 Å². The van der Waals surface area contributed by atoms with Crippen LogP contribution in [0.15, 0.2) is 0 Å². The van der Waals surface area contributed by atoms with Crippen LogP contribution in [0.25, 0.3) is 0 Å². The van der Waals surface area contributed by atoms with Crippen LogP contribution in [0.1, 0.15) is 39.0 Å². The third kappa shape index (κ3) is 8.26. The molecule has 28 heavy (non-hydrogen) atoms. The topological polar surface area (TPSA) is 153 Å². The van der Waals surface area contributed by atoms with Crippen LogP contribution in [0.3, 0.4) is 0 Å². The Bertz CT molecular complexity index is 599. The van der Waals surface area contributed by atoms with Gasteiger partial charge < -0.3 is 20.8 Å². The zero-order valence-corrected chi connectivity index (χ0v) is 16.6. The van der Waals surface area contributed by atoms with E-state index >= 15 is 0 Å². The second kappa shape index (κ2) is 12.3. The Labute approximate surface area is 167 Å². The van der Waals surface area contributed by atoms with Crippen molar-refractivity contribution in [3.05, 3.63) is 0 Å². The van der Waals surface area contributed by atoms with Crippen molar-refractivity contribution in [1.29, 1.82) is 0 Å². The molecule has 0 aromatic heterocycles. The molecule has 158 valence electrons. The lowest BCUT2D eigenvalue weighted by Crippen LogP contribution is -2.42. The Kier molecular flexibility index (Phi) is 10.5. The van der Waals surface area contributed by atoms with Gasteiger partial charge in [0.2, 0.25) is 23.6 Å². The van der Waals surface area contributed by atoms with E-state index in [0.29, 0.717) is 25.7 Å². The number of carboxylic acid groups (broad SMARTS) is 1. The normalized spacial score (nSPS) is 17.5. The molecule has 0 aromatic carbocycles. The smallest absolute Gasteiger partial charge is 0.327 e. The number of imide groups is 1. The molecule has 4 amide bonds. The molecule has 0 spiro atoms. The van der Waals surface area contributed by atoms with Gasteiger partial charge >= 0.3 is 5.97 Å². The molecule has 1 rings (SSSR count). The quantitative estimate of drug-likeness (QED) is 0.222. The number of aliphatic carboxylic acids is 1. The number of carboxylic acids is 1. The standard InChI is InChI=1S/C17H27N3O7S/c1-11(22)19-12(17(26)27)10-28-13-9-15(24)20(16(13)25)7-4-2-3-5-14(23)18-6-8-21/h12-13,21H,2-10H2,1H3,(H,18,23)(H,19,22)(H,26,27)/t12-,13?/m1/s1. The van der Waals surface area contributed by atoms with Crippen molar-refractivity contribution in [3.63, 3.8) is 0 Å². The molecule has 0 aromatic rings. The number of unbranched alkanes of at least 4 members (excludes halogenated alkanes) is 2. The second-order valence-corrected chi connectivity index (χ2v) is 7.62. The van der Waals surface area contributed by atoms with Crippen LogP contribution in [-0.2, 0) is 24.0 Å². The Balaban J connectivity index is 2.35. The van der Waals surface area contributed by atoms with Crippen LogP contribution in [0.4, 0.5) is 0 Å². The van der Waals surface area contributed by atoms with E-state index in [1.54, 1.807) is 0 Å². The number of aliphatic hydroxyl groups is 1. The fourth-order valence-corrected chi connectivity index (χ4v) is 3.85. The first-order valence-corrected chi connectivity index (χ1v) is 10.1. The average molecular weight is 417 g/mol. The van der Waals surface area contributed by atoms with Crippen molar-refractivity contribution in [1.82, 2.24) is 15.5 Å². The highest BCUT2D eigenvalue weighted by Gasteiger charge is 2.39. The van der Waals surface area contributed by atoms with Crippen molar-refractivity contribution in [3.8, 4) is 0 Å². The molecule has 4 N–H and O–H groups in total. The molecule has 1 heterocycles. The number of aliphatic hydroxyl groups excluding tert-OH is 1. The number of likely N-dealkylation sites (tertiary alicyclic amines) is 1. The fourth-order valence-electron chi connectivity index (χ4n) is 2.67. The van der Waals surface area contributed by atoms with Gasteiger partial charge in [-0.05, 0) is 12.8 Å². The molecule has 1 unspecified atom stereocenters. The van der Waals surface area contributed by atoms with Gasteiger partial charge in [0.1, 0.15) is 6.04 Å². The van der Waals surface area contributed by atoms with Crippen molar-refractivity contribution >= 4 is 41.4 Å². The van der Waals surface area contributed by atoms with Crippen molar-refractivity contribution < 1.29 is 34.2 Å². The Morgan fingerprint density at radius 3 is 2.57 bits per heavy atom. The number of carbonyl (C=O) groups excluding carboxylic acids is 4. The molecule has 1 saturated heterocycles. The Morgan fingerprint density at radius 2 is 1.96 bits per heavy atom. The first-order chi connectivity index (χ1) is 13.3. The van der Waals surface area contributed by atoms with E-state index in [4.69, 9.17) is 10.2 Å². The highest BCUT2D eigenvalue weighted by atomic mass is 32.2. The lowest BCUT2D eigenvalue weighted by Gasteiger charge is -2.16. The van der Waals surface area contributed by atoms with Gasteiger partial charge in [-0.3, -0.25) is 24.1 Å². The summed E-state index contributed by atoms with van der Waals surface area (Å²) in [7, 11) is 0. The summed E-state index contributed by atoms with van der Waals surface area (Å²) in [5.41, 5.74) is 0. The van der Waals surface area contributed by atoms with E-state index in [1.807, 2.05) is 0 Å². The Hall–Kier alpha value is -2.14. The fraction of sp³-hybridized carbons (Fsp3) is 0.706. The Morgan fingerprint density at radius 1 is 1.25 bits per heavy atom. The SMILES string of the molecule is CC(=O)N[C@H](CSC1CC(=O)N(CCCCCC(=O)NCCO)C1=O)C(=O)O. The summed E-state index contributed by atoms with van der Waals surface area (Å²) < 4.78 is 0. The number of amides is 4. The lowest BCUT2D eigenvalue weighted by atomic mass is 10.2. The summed E-state index contributed by atoms with van der Waals surface area (Å²) in [5, 5.41) is 21.9.